The minimum Gasteiger partial charge on any atom is -0.550 e. The third-order valence-electron chi connectivity index (χ3n) is 14.5. The number of carbonyl (C=O) groups excluding carboxylic acids is 4. The average molecular weight is 1200 g/mol. The zero-order valence-corrected chi connectivity index (χ0v) is 49.8. The summed E-state index contributed by atoms with van der Waals surface area (Å²) in [5.74, 6) is -4.36. The first kappa shape index (κ1) is 65.0. The van der Waals surface area contributed by atoms with Crippen molar-refractivity contribution in [3.8, 4) is 0 Å². The van der Waals surface area contributed by atoms with E-state index in [0.29, 0.717) is 65.4 Å². The largest absolute Gasteiger partial charge is 2.00 e. The summed E-state index contributed by atoms with van der Waals surface area (Å²) in [6, 6.07) is 83.5. The van der Waals surface area contributed by atoms with Crippen molar-refractivity contribution in [3.63, 3.8) is 0 Å². The fourth-order valence-corrected chi connectivity index (χ4v) is 19.2. The average Bonchev–Trinajstić information content (AvgIpc) is 3.68. The fourth-order valence-electron chi connectivity index (χ4n) is 10.7. The molecule has 0 amide bonds. The van der Waals surface area contributed by atoms with Crippen LogP contribution >= 0.6 is 14.5 Å². The maximum absolute atomic E-state index is 12.2. The summed E-state index contributed by atoms with van der Waals surface area (Å²) in [4.78, 5) is 50.8. The van der Waals surface area contributed by atoms with Crippen LogP contribution in [0.1, 0.15) is 36.1 Å². The third-order valence-corrected chi connectivity index (χ3v) is 23.3. The topological polar surface area (TPSA) is 173 Å². The van der Waals surface area contributed by atoms with Crippen LogP contribution in [-0.2, 0) is 61.7 Å². The van der Waals surface area contributed by atoms with Gasteiger partial charge in [-0.1, -0.05) is 158 Å². The van der Waals surface area contributed by atoms with Crippen LogP contribution in [0.5, 0.6) is 0 Å². The maximum Gasteiger partial charge on any atom is 2.00 e. The second-order valence-corrected chi connectivity index (χ2v) is 27.4. The van der Waals surface area contributed by atoms with E-state index in [1.165, 1.54) is 43.0 Å². The number of hydrogen-bond donors (Lipinski definition) is 0. The van der Waals surface area contributed by atoms with Crippen LogP contribution in [0.15, 0.2) is 231 Å². The van der Waals surface area contributed by atoms with Crippen molar-refractivity contribution in [3.05, 3.63) is 253 Å². The molecule has 0 unspecified atom stereocenters. The molecule has 1 fully saturated rings. The molecule has 9 rings (SSSR count). The molecule has 15 heteroatoms. The number of rotatable bonds is 18. The molecule has 8 aromatic rings. The third kappa shape index (κ3) is 19.5. The molecule has 8 aromatic carbocycles. The number of carbonyl (C=O) groups is 4. The first-order chi connectivity index (χ1) is 39.7. The first-order valence-electron chi connectivity index (χ1n) is 27.6. The molecule has 1 radical (unpaired) electrons. The summed E-state index contributed by atoms with van der Waals surface area (Å²) < 4.78 is 0. The number of carboxylic acid groups (broad SMARTS) is 4. The van der Waals surface area contributed by atoms with Gasteiger partial charge in [0.25, 0.3) is 0 Å². The molecule has 83 heavy (non-hydrogen) atoms. The van der Waals surface area contributed by atoms with Crippen LogP contribution < -0.4 is 52.3 Å². The summed E-state index contributed by atoms with van der Waals surface area (Å²) in [5, 5.41) is 50.2. The van der Waals surface area contributed by atoms with Gasteiger partial charge in [0.05, 0.1) is 24.3 Å². The van der Waals surface area contributed by atoms with Crippen LogP contribution in [0.25, 0.3) is 0 Å². The van der Waals surface area contributed by atoms with Gasteiger partial charge in [-0.3, -0.25) is 19.6 Å². The number of nitrogens with zero attached hydrogens (tertiary/aromatic N) is 4. The van der Waals surface area contributed by atoms with Gasteiger partial charge in [0.15, 0.2) is 0 Å². The minimum absolute atomic E-state index is 0. The van der Waals surface area contributed by atoms with E-state index < -0.39 is 38.4 Å². The van der Waals surface area contributed by atoms with E-state index in [1.54, 1.807) is 0 Å². The van der Waals surface area contributed by atoms with Crippen molar-refractivity contribution in [1.82, 2.24) is 19.6 Å². The summed E-state index contributed by atoms with van der Waals surface area (Å²) >= 11 is 0. The Bertz CT molecular complexity index is 2770. The van der Waals surface area contributed by atoms with Gasteiger partial charge in [-0.25, -0.2) is 0 Å². The van der Waals surface area contributed by atoms with Gasteiger partial charge in [0.2, 0.25) is 0 Å². The summed E-state index contributed by atoms with van der Waals surface area (Å²) in [6.07, 6.45) is 1.74. The maximum atomic E-state index is 12.2. The van der Waals surface area contributed by atoms with Gasteiger partial charge in [0.1, 0.15) is 46.4 Å². The molecule has 0 N–H and O–H groups in total. The van der Waals surface area contributed by atoms with Gasteiger partial charge >= 0.3 is 17.1 Å². The van der Waals surface area contributed by atoms with Crippen molar-refractivity contribution >= 4 is 70.2 Å². The minimum atomic E-state index is -2.08. The molecule has 12 nitrogen and oxygen atoms in total. The SMILES string of the molecule is CC(=O)[O-].CC(=O)[O-].O=C([O-])CN1CCN(Cc2ccc(C[P+](c3ccccc3)(c3ccccc3)c3ccccc3)cc2)CCN(CC(=O)[O-])CCN(Cc2ccc(C[P+](c3ccccc3)(c3ccccc3)c3ccccc3)cc2)CC1.[64Cu+2]. The molecule has 0 bridgehead atoms. The van der Waals surface area contributed by atoms with E-state index in [0.717, 1.165) is 37.3 Å². The van der Waals surface area contributed by atoms with E-state index in [2.05, 4.69) is 240 Å². The van der Waals surface area contributed by atoms with E-state index in [9.17, 15) is 19.8 Å². The van der Waals surface area contributed by atoms with Crippen molar-refractivity contribution in [2.24, 2.45) is 0 Å². The second-order valence-electron chi connectivity index (χ2n) is 20.4. The molecule has 0 aliphatic carbocycles. The van der Waals surface area contributed by atoms with Crippen LogP contribution in [0.3, 0.4) is 0 Å². The molecular weight excluding hydrogens is 1130 g/mol. The Labute approximate surface area is 501 Å². The molecular formula is C68H72CuN4O8P2. The van der Waals surface area contributed by atoms with Crippen molar-refractivity contribution in [2.75, 3.05) is 65.4 Å². The Hall–Kier alpha value is -7.14. The summed E-state index contributed by atoms with van der Waals surface area (Å²) in [5.41, 5.74) is 4.80. The van der Waals surface area contributed by atoms with E-state index in [1.807, 2.05) is 9.80 Å². The van der Waals surface area contributed by atoms with Gasteiger partial charge in [-0.15, -0.1) is 0 Å². The van der Waals surface area contributed by atoms with Crippen molar-refractivity contribution < 1.29 is 56.7 Å². The van der Waals surface area contributed by atoms with Crippen LogP contribution in [0.2, 0.25) is 0 Å². The summed E-state index contributed by atoms with van der Waals surface area (Å²) in [6.45, 7) is 7.47. The zero-order chi connectivity index (χ0) is 58.2. The Balaban J connectivity index is 0.00000115. The Morgan fingerprint density at radius 1 is 0.313 bits per heavy atom. The van der Waals surface area contributed by atoms with Crippen LogP contribution in [0.4, 0.5) is 0 Å². The van der Waals surface area contributed by atoms with Crippen LogP contribution in [0, 0.1) is 0 Å². The number of aliphatic carboxylic acids is 4. The van der Waals surface area contributed by atoms with Gasteiger partial charge in [-0.05, 0) is 109 Å². The molecule has 433 valence electrons. The summed E-state index contributed by atoms with van der Waals surface area (Å²) in [7, 11) is -4.17. The number of benzene rings is 8. The molecule has 0 spiro atoms. The molecule has 0 aromatic heterocycles. The van der Waals surface area contributed by atoms with Gasteiger partial charge in [0, 0.05) is 90.5 Å². The normalized spacial score (nSPS) is 13.9. The molecule has 1 aliphatic heterocycles. The van der Waals surface area contributed by atoms with E-state index >= 15 is 0 Å². The van der Waals surface area contributed by atoms with E-state index in [-0.39, 0.29) is 30.2 Å². The second kappa shape index (κ2) is 33.2. The monoisotopic (exact) mass is 1200 g/mol. The fraction of sp³-hybridized carbons (Fsp3) is 0.235. The van der Waals surface area contributed by atoms with Gasteiger partial charge in [-0.2, -0.15) is 0 Å². The van der Waals surface area contributed by atoms with Gasteiger partial charge < -0.3 is 39.6 Å². The Morgan fingerprint density at radius 2 is 0.494 bits per heavy atom. The zero-order valence-electron chi connectivity index (χ0n) is 47.1. The standard InChI is InChI=1S/C64H66N4O4P2.2C2H4O2.Cu/c69-63(70)49-67-43-39-65(47-53-31-35-55(36-32-53)51-73(57-19-7-1-8-20-57,58-21-9-2-10-22-58)59-23-11-3-12-24-59)40-44-68(50-64(71)72)46-42-66(41-45-67)48-54-33-37-56(38-34-54)52-74(60-25-13-4-14-26-60,61-27-15-5-16-28-61)62-29-17-6-18-30-62;2*1-2(3)4;/h1-38H,39-52H2;2*1H3,(H,3,4);/q;;;+2/p-2/i;;;1+0. The van der Waals surface area contributed by atoms with Crippen molar-refractivity contribution in [2.45, 2.75) is 39.3 Å². The predicted molar refractivity (Wildman–Crippen MR) is 325 cm³/mol. The molecule has 0 atom stereocenters. The quantitative estimate of drug-likeness (QED) is 0.0905. The molecule has 0 saturated carbocycles. The van der Waals surface area contributed by atoms with Crippen molar-refractivity contribution in [1.29, 1.82) is 0 Å². The number of hydrogen-bond acceptors (Lipinski definition) is 12. The smallest absolute Gasteiger partial charge is 0.550 e. The Kier molecular flexibility index (Phi) is 26.0. The van der Waals surface area contributed by atoms with Crippen LogP contribution in [-0.4, -0.2) is 109 Å². The first-order valence-corrected chi connectivity index (χ1v) is 31.6. The predicted octanol–water partition coefficient (Wildman–Crippen LogP) is 3.61. The molecule has 1 aliphatic rings. The number of carboxylic acids is 4. The molecule has 1 saturated heterocycles. The Morgan fingerprint density at radius 3 is 0.687 bits per heavy atom. The molecule has 1 heterocycles. The van der Waals surface area contributed by atoms with E-state index in [4.69, 9.17) is 19.8 Å².